The number of alkyl halides is 4. The molecule has 6 heterocycles. The van der Waals surface area contributed by atoms with Crippen LogP contribution in [0.15, 0.2) is 130 Å². The molecule has 0 amide bonds. The summed E-state index contributed by atoms with van der Waals surface area (Å²) in [7, 11) is -1.39. The van der Waals surface area contributed by atoms with Crippen molar-refractivity contribution in [1.82, 2.24) is 39.1 Å². The van der Waals surface area contributed by atoms with Gasteiger partial charge in [-0.15, -0.1) is 22.7 Å². The molecule has 0 saturated heterocycles. The van der Waals surface area contributed by atoms with E-state index < -0.39 is 20.3 Å². The predicted molar refractivity (Wildman–Crippen MR) is 258 cm³/mol. The van der Waals surface area contributed by atoms with E-state index in [9.17, 15) is 27.2 Å². The highest BCUT2D eigenvalue weighted by Crippen LogP contribution is 2.36. The minimum Gasteiger partial charge on any atom is -0.435 e. The Hall–Kier alpha value is -7.20. The molecule has 350 valence electrons. The van der Waals surface area contributed by atoms with Gasteiger partial charge in [0, 0.05) is 25.5 Å². The van der Waals surface area contributed by atoms with Gasteiger partial charge >= 0.3 is 20.3 Å². The molecule has 4 aromatic carbocycles. The summed E-state index contributed by atoms with van der Waals surface area (Å²) in [6, 6.07) is 26.8. The van der Waals surface area contributed by atoms with Gasteiger partial charge in [0.2, 0.25) is 0 Å². The molecule has 6 aromatic heterocycles. The van der Waals surface area contributed by atoms with Gasteiger partial charge in [-0.2, -0.15) is 32.4 Å². The Morgan fingerprint density at radius 2 is 1.17 bits per heavy atom. The molecule has 0 aliphatic heterocycles. The second-order valence-corrected chi connectivity index (χ2v) is 18.3. The third-order valence-electron chi connectivity index (χ3n) is 11.7. The molecular formula is C48H39BF4N8O6S2. The summed E-state index contributed by atoms with van der Waals surface area (Å²) < 4.78 is 66.0. The Kier molecular flexibility index (Phi) is 12.8. The molecule has 0 unspecified atom stereocenters. The van der Waals surface area contributed by atoms with Crippen LogP contribution >= 0.6 is 22.7 Å². The molecule has 14 nitrogen and oxygen atoms in total. The Morgan fingerprint density at radius 3 is 1.72 bits per heavy atom. The van der Waals surface area contributed by atoms with Crippen LogP contribution in [-0.4, -0.2) is 69.5 Å². The van der Waals surface area contributed by atoms with Gasteiger partial charge in [0.25, 0.3) is 11.1 Å². The van der Waals surface area contributed by atoms with Gasteiger partial charge in [0.1, 0.15) is 22.5 Å². The fourth-order valence-corrected chi connectivity index (χ4v) is 9.49. The van der Waals surface area contributed by atoms with Crippen molar-refractivity contribution in [3.8, 4) is 39.4 Å². The second-order valence-electron chi connectivity index (χ2n) is 16.6. The van der Waals surface area contributed by atoms with E-state index in [0.29, 0.717) is 56.3 Å². The van der Waals surface area contributed by atoms with E-state index in [0.717, 1.165) is 44.6 Å². The Bertz CT molecular complexity index is 3550. The highest BCUT2D eigenvalue weighted by Gasteiger charge is 2.26. The molecule has 2 aliphatic rings. The number of benzene rings is 4. The smallest absolute Gasteiger partial charge is 0.435 e. The number of rotatable bonds is 12. The number of halogens is 4. The summed E-state index contributed by atoms with van der Waals surface area (Å²) in [5.74, 6) is 1.35. The van der Waals surface area contributed by atoms with Gasteiger partial charge in [-0.1, -0.05) is 30.3 Å². The number of thiazole rings is 2. The van der Waals surface area contributed by atoms with Crippen LogP contribution in [0.25, 0.3) is 70.4 Å². The molecule has 3 N–H and O–H groups in total. The van der Waals surface area contributed by atoms with Gasteiger partial charge in [-0.3, -0.25) is 9.59 Å². The van der Waals surface area contributed by atoms with Gasteiger partial charge in [0.15, 0.2) is 0 Å². The van der Waals surface area contributed by atoms with E-state index in [4.69, 9.17) is 10.0 Å². The van der Waals surface area contributed by atoms with Crippen LogP contribution < -0.4 is 26.1 Å². The summed E-state index contributed by atoms with van der Waals surface area (Å²) in [5.41, 5.74) is 11.0. The number of hydrogen-bond acceptors (Lipinski definition) is 12. The fourth-order valence-electron chi connectivity index (χ4n) is 8.05. The monoisotopic (exact) mass is 974 g/mol. The van der Waals surface area contributed by atoms with E-state index >= 15 is 0 Å². The average Bonchev–Trinajstić information content (AvgIpc) is 4.10. The summed E-state index contributed by atoms with van der Waals surface area (Å²) in [4.78, 5) is 34.5. The number of nitrogens with one attached hydrogen (secondary N) is 1. The van der Waals surface area contributed by atoms with Crippen molar-refractivity contribution in [1.29, 1.82) is 0 Å². The molecule has 0 radical (unpaired) electrons. The molecule has 2 aliphatic carbocycles. The van der Waals surface area contributed by atoms with Crippen LogP contribution in [0.4, 0.5) is 17.6 Å². The number of H-pyrrole nitrogens is 1. The minimum atomic E-state index is -2.90. The number of ether oxygens (including phenoxy) is 2. The Labute approximate surface area is 396 Å². The summed E-state index contributed by atoms with van der Waals surface area (Å²) in [5, 5.41) is 29.0. The molecular weight excluding hydrogens is 936 g/mol. The van der Waals surface area contributed by atoms with Crippen molar-refractivity contribution >= 4 is 77.8 Å². The number of aromatic nitrogens is 8. The lowest BCUT2D eigenvalue weighted by Crippen LogP contribution is -2.29. The van der Waals surface area contributed by atoms with Crippen LogP contribution in [0, 0.1) is 11.8 Å². The van der Waals surface area contributed by atoms with Crippen LogP contribution in [0.2, 0.25) is 0 Å². The zero-order chi connectivity index (χ0) is 47.8. The predicted octanol–water partition coefficient (Wildman–Crippen LogP) is 8.85. The molecule has 0 bridgehead atoms. The quantitative estimate of drug-likeness (QED) is 0.0793. The van der Waals surface area contributed by atoms with Gasteiger partial charge < -0.3 is 28.7 Å². The first-order valence-corrected chi connectivity index (χ1v) is 23.5. The summed E-state index contributed by atoms with van der Waals surface area (Å²) in [6.07, 6.45) is 8.64. The third kappa shape index (κ3) is 10.2. The SMILES string of the molecule is O=c1[nH]nc2ccn(CC3CC3)c2c1-c1ccc(OC(F)F)cc1.O=c1c(-c2ccc(OC(F)F)cc2)c2c(ccn2CC2CC2)nn1-c1ccc2ncsc2c1.OB(O)c1ccc2ncsc2c1. The van der Waals surface area contributed by atoms with Crippen LogP contribution in [0.1, 0.15) is 25.7 Å². The Morgan fingerprint density at radius 1 is 0.652 bits per heavy atom. The fraction of sp³-hybridized carbons (Fsp3) is 0.208. The first-order chi connectivity index (χ1) is 33.4. The van der Waals surface area contributed by atoms with Crippen molar-refractivity contribution in [3.05, 3.63) is 141 Å². The molecule has 10 aromatic rings. The number of hydrogen-bond donors (Lipinski definition) is 3. The first kappa shape index (κ1) is 45.6. The normalized spacial score (nSPS) is 13.5. The van der Waals surface area contributed by atoms with Crippen molar-refractivity contribution in [2.75, 3.05) is 0 Å². The minimum absolute atomic E-state index is 0.0448. The van der Waals surface area contributed by atoms with E-state index in [2.05, 4.69) is 39.3 Å². The number of nitrogens with zero attached hydrogens (tertiary/aromatic N) is 7. The third-order valence-corrected chi connectivity index (χ3v) is 13.3. The molecule has 21 heteroatoms. The van der Waals surface area contributed by atoms with Crippen LogP contribution in [0.3, 0.4) is 0 Å². The van der Waals surface area contributed by atoms with Gasteiger partial charge in [-0.05, 0) is 121 Å². The first-order valence-electron chi connectivity index (χ1n) is 21.8. The standard InChI is InChI=1S/C24H18F2N4O2S.C17H15F2N3O2.C7H6BNO2S/c25-24(26)32-17-6-3-15(4-7-17)21-22-19(9-10-29(22)12-14-1-2-14)28-30(23(21)31)16-5-8-18-20(11-16)33-13-27-18;18-17(19)24-12-5-3-11(4-6-12)14-15-13(20-21-16(14)23)7-8-22(15)9-10-1-2-10;10-8(11)5-1-2-6-7(3-5)12-4-9-6/h3-11,13-14,24H,1-2,12H2;3-8,10,17H,1-2,9H2,(H,21,23);1-4,10-11H. The zero-order valence-corrected chi connectivity index (χ0v) is 37.8. The second kappa shape index (κ2) is 19.4. The van der Waals surface area contributed by atoms with Crippen molar-refractivity contribution in [2.45, 2.75) is 52.0 Å². The number of aromatic amines is 1. The van der Waals surface area contributed by atoms with Crippen molar-refractivity contribution < 1.29 is 37.1 Å². The van der Waals surface area contributed by atoms with Crippen molar-refractivity contribution in [2.24, 2.45) is 11.8 Å². The van der Waals surface area contributed by atoms with E-state index in [1.165, 1.54) is 77.3 Å². The maximum Gasteiger partial charge on any atom is 0.488 e. The zero-order valence-electron chi connectivity index (χ0n) is 36.2. The topological polar surface area (TPSA) is 175 Å². The van der Waals surface area contributed by atoms with Gasteiger partial charge in [0.05, 0.1) is 59.3 Å². The summed E-state index contributed by atoms with van der Waals surface area (Å²) in [6.45, 7) is -4.10. The lowest BCUT2D eigenvalue weighted by molar-refractivity contribution is -0.0505. The van der Waals surface area contributed by atoms with Gasteiger partial charge in [-0.25, -0.2) is 15.1 Å². The molecule has 69 heavy (non-hydrogen) atoms. The average molecular weight is 975 g/mol. The maximum atomic E-state index is 13.8. The maximum absolute atomic E-state index is 13.8. The van der Waals surface area contributed by atoms with E-state index in [-0.39, 0.29) is 22.6 Å². The molecule has 12 rings (SSSR count). The molecule has 2 fully saturated rings. The Balaban J connectivity index is 0.000000134. The van der Waals surface area contributed by atoms with E-state index in [1.54, 1.807) is 53.5 Å². The molecule has 2 saturated carbocycles. The molecule has 0 atom stereocenters. The highest BCUT2D eigenvalue weighted by molar-refractivity contribution is 7.17. The molecule has 0 spiro atoms. The summed E-state index contributed by atoms with van der Waals surface area (Å²) >= 11 is 2.98. The van der Waals surface area contributed by atoms with E-state index in [1.807, 2.05) is 47.3 Å². The van der Waals surface area contributed by atoms with Crippen LogP contribution in [0.5, 0.6) is 11.5 Å². The largest absolute Gasteiger partial charge is 0.488 e. The lowest BCUT2D eigenvalue weighted by Gasteiger charge is -2.13. The van der Waals surface area contributed by atoms with Crippen LogP contribution in [-0.2, 0) is 13.1 Å². The highest BCUT2D eigenvalue weighted by atomic mass is 32.1. The lowest BCUT2D eigenvalue weighted by atomic mass is 9.80. The van der Waals surface area contributed by atoms with Crippen molar-refractivity contribution in [3.63, 3.8) is 0 Å². The number of fused-ring (bicyclic) bond motifs is 4.